The van der Waals surface area contributed by atoms with Crippen LogP contribution in [0.15, 0.2) is 146 Å². The Hall–Kier alpha value is -4.91. The molecule has 0 fully saturated rings. The quantitative estimate of drug-likeness (QED) is 0.145. The first-order valence-corrected chi connectivity index (χ1v) is 12.2. The summed E-state index contributed by atoms with van der Waals surface area (Å²) in [5.74, 6) is -2.64. The topological polar surface area (TPSA) is 112 Å². The van der Waals surface area contributed by atoms with Gasteiger partial charge in [-0.25, -0.2) is 14.4 Å². The van der Waals surface area contributed by atoms with E-state index in [4.69, 9.17) is 15.3 Å². The standard InChI is InChI=1S/C13H9.3C7H6O2.Ti/c1-3-7-12-10(5-1)9-11-6-2-4-8-13(11)12;3*8-7(9)6-4-2-1-3-5-6;/h1-9H;3*1-5H,(H,8,9);/q-1;;;;. The first-order chi connectivity index (χ1) is 19.4. The van der Waals surface area contributed by atoms with Gasteiger partial charge in [0.2, 0.25) is 0 Å². The Morgan fingerprint density at radius 1 is 0.390 bits per heavy atom. The van der Waals surface area contributed by atoms with Crippen LogP contribution in [-0.4, -0.2) is 33.2 Å². The molecule has 204 valence electrons. The number of hydrogen-bond donors (Lipinski definition) is 3. The summed E-state index contributed by atoms with van der Waals surface area (Å²) in [6, 6.07) is 44.2. The molecule has 0 saturated carbocycles. The van der Waals surface area contributed by atoms with Gasteiger partial charge in [-0.05, 0) is 36.4 Å². The molecular formula is C34H27O6Ti-. The monoisotopic (exact) mass is 579 g/mol. The van der Waals surface area contributed by atoms with E-state index in [1.54, 1.807) is 91.0 Å². The molecule has 0 radical (unpaired) electrons. The number of hydrogen-bond acceptors (Lipinski definition) is 3. The fourth-order valence-corrected chi connectivity index (χ4v) is 3.65. The second kappa shape index (κ2) is 16.9. The molecule has 0 atom stereocenters. The molecular weight excluding hydrogens is 552 g/mol. The summed E-state index contributed by atoms with van der Waals surface area (Å²) in [6.45, 7) is 0. The Morgan fingerprint density at radius 3 is 0.878 bits per heavy atom. The van der Waals surface area contributed by atoms with Crippen LogP contribution in [0.2, 0.25) is 0 Å². The molecule has 0 saturated heterocycles. The van der Waals surface area contributed by atoms with Crippen molar-refractivity contribution in [3.05, 3.63) is 162 Å². The van der Waals surface area contributed by atoms with E-state index in [2.05, 4.69) is 54.6 Å². The van der Waals surface area contributed by atoms with Crippen LogP contribution in [0.5, 0.6) is 0 Å². The molecule has 7 heteroatoms. The normalized spacial score (nSPS) is 9.37. The average Bonchev–Trinajstić information content (AvgIpc) is 3.38. The van der Waals surface area contributed by atoms with Crippen LogP contribution in [0.25, 0.3) is 21.5 Å². The van der Waals surface area contributed by atoms with Crippen molar-refractivity contribution in [1.29, 1.82) is 0 Å². The molecule has 0 unspecified atom stereocenters. The Balaban J connectivity index is 0.000000193. The number of rotatable bonds is 3. The van der Waals surface area contributed by atoms with Crippen molar-refractivity contribution in [2.75, 3.05) is 0 Å². The van der Waals surface area contributed by atoms with Crippen LogP contribution in [0.1, 0.15) is 31.1 Å². The van der Waals surface area contributed by atoms with Crippen LogP contribution in [0.3, 0.4) is 0 Å². The molecule has 0 heterocycles. The third kappa shape index (κ3) is 10.3. The Labute approximate surface area is 252 Å². The maximum Gasteiger partial charge on any atom is 0.335 e. The molecule has 0 amide bonds. The number of carboxylic acids is 3. The minimum Gasteiger partial charge on any atom is -0.478 e. The number of carboxylic acid groups (broad SMARTS) is 3. The Bertz CT molecular complexity index is 1500. The van der Waals surface area contributed by atoms with Gasteiger partial charge in [0.15, 0.2) is 0 Å². The minimum atomic E-state index is -0.879. The molecule has 0 bridgehead atoms. The third-order valence-corrected chi connectivity index (χ3v) is 5.58. The summed E-state index contributed by atoms with van der Waals surface area (Å²) in [5, 5.41) is 30.5. The van der Waals surface area contributed by atoms with Crippen LogP contribution in [0, 0.1) is 0 Å². The zero-order chi connectivity index (χ0) is 28.7. The molecule has 6 nitrogen and oxygen atoms in total. The van der Waals surface area contributed by atoms with Crippen molar-refractivity contribution < 1.29 is 51.4 Å². The van der Waals surface area contributed by atoms with E-state index in [9.17, 15) is 14.4 Å². The average molecular weight is 579 g/mol. The van der Waals surface area contributed by atoms with Gasteiger partial charge in [-0.2, -0.15) is 0 Å². The molecule has 6 aromatic carbocycles. The van der Waals surface area contributed by atoms with Crippen molar-refractivity contribution in [3.8, 4) is 0 Å². The van der Waals surface area contributed by atoms with E-state index in [0.717, 1.165) is 0 Å². The van der Waals surface area contributed by atoms with Crippen LogP contribution >= 0.6 is 0 Å². The summed E-state index contributed by atoms with van der Waals surface area (Å²) in [4.78, 5) is 30.6. The van der Waals surface area contributed by atoms with Crippen molar-refractivity contribution >= 4 is 39.5 Å². The fraction of sp³-hybridized carbons (Fsp3) is 0. The summed E-state index contributed by atoms with van der Waals surface area (Å²) in [7, 11) is 0. The number of carbonyl (C=O) groups is 3. The van der Waals surface area contributed by atoms with Gasteiger partial charge in [0.25, 0.3) is 0 Å². The summed E-state index contributed by atoms with van der Waals surface area (Å²) in [5.41, 5.74) is 0.993. The molecule has 0 aliphatic heterocycles. The SMILES string of the molecule is O=C(O)c1ccccc1.O=C(O)c1ccccc1.O=C(O)c1ccccc1.[Ti].c1ccc2c(c1)[cH-]c1ccccc12. The van der Waals surface area contributed by atoms with E-state index < -0.39 is 17.9 Å². The van der Waals surface area contributed by atoms with E-state index >= 15 is 0 Å². The van der Waals surface area contributed by atoms with Crippen molar-refractivity contribution in [2.45, 2.75) is 0 Å². The predicted octanol–water partition coefficient (Wildman–Crippen LogP) is 7.86. The predicted molar refractivity (Wildman–Crippen MR) is 157 cm³/mol. The van der Waals surface area contributed by atoms with Crippen molar-refractivity contribution in [3.63, 3.8) is 0 Å². The largest absolute Gasteiger partial charge is 0.478 e. The van der Waals surface area contributed by atoms with E-state index in [0.29, 0.717) is 16.7 Å². The summed E-state index contributed by atoms with van der Waals surface area (Å²) >= 11 is 0. The number of fused-ring (bicyclic) bond motifs is 3. The van der Waals surface area contributed by atoms with E-state index in [1.165, 1.54) is 21.5 Å². The van der Waals surface area contributed by atoms with Gasteiger partial charge in [0.05, 0.1) is 16.7 Å². The minimum absolute atomic E-state index is 0. The molecule has 0 aromatic heterocycles. The first kappa shape index (κ1) is 32.3. The first-order valence-electron chi connectivity index (χ1n) is 12.2. The second-order valence-electron chi connectivity index (χ2n) is 8.33. The summed E-state index contributed by atoms with van der Waals surface area (Å²) < 4.78 is 0. The van der Waals surface area contributed by atoms with E-state index in [-0.39, 0.29) is 21.7 Å². The zero-order valence-corrected chi connectivity index (χ0v) is 23.5. The Morgan fingerprint density at radius 2 is 0.634 bits per heavy atom. The smallest absolute Gasteiger partial charge is 0.335 e. The van der Waals surface area contributed by atoms with E-state index in [1.807, 2.05) is 0 Å². The maximum atomic E-state index is 10.2. The molecule has 3 N–H and O–H groups in total. The van der Waals surface area contributed by atoms with Crippen LogP contribution < -0.4 is 0 Å². The zero-order valence-electron chi connectivity index (χ0n) is 21.9. The van der Waals surface area contributed by atoms with Gasteiger partial charge in [-0.15, -0.1) is 39.7 Å². The van der Waals surface area contributed by atoms with Gasteiger partial charge in [0, 0.05) is 21.7 Å². The third-order valence-electron chi connectivity index (χ3n) is 5.58. The molecule has 0 spiro atoms. The maximum absolute atomic E-state index is 10.2. The molecule has 0 aliphatic carbocycles. The molecule has 6 aromatic rings. The Kier molecular flexibility index (Phi) is 13.3. The van der Waals surface area contributed by atoms with Crippen molar-refractivity contribution in [2.24, 2.45) is 0 Å². The van der Waals surface area contributed by atoms with Crippen LogP contribution in [0.4, 0.5) is 0 Å². The van der Waals surface area contributed by atoms with Gasteiger partial charge < -0.3 is 15.3 Å². The van der Waals surface area contributed by atoms with Crippen LogP contribution in [-0.2, 0) is 21.7 Å². The van der Waals surface area contributed by atoms with Crippen molar-refractivity contribution in [1.82, 2.24) is 0 Å². The number of aromatic carboxylic acids is 3. The molecule has 0 aliphatic rings. The van der Waals surface area contributed by atoms with Gasteiger partial charge >= 0.3 is 17.9 Å². The van der Waals surface area contributed by atoms with Gasteiger partial charge in [-0.3, -0.25) is 0 Å². The second-order valence-corrected chi connectivity index (χ2v) is 8.33. The molecule has 41 heavy (non-hydrogen) atoms. The van der Waals surface area contributed by atoms with Gasteiger partial charge in [-0.1, -0.05) is 91.0 Å². The number of benzene rings is 5. The van der Waals surface area contributed by atoms with Gasteiger partial charge in [0.1, 0.15) is 0 Å². The fourth-order valence-electron chi connectivity index (χ4n) is 3.65. The summed E-state index contributed by atoms with van der Waals surface area (Å²) in [6.07, 6.45) is 0. The molecule has 6 rings (SSSR count).